The molecule has 0 atom stereocenters. The molecule has 0 aromatic heterocycles. The van der Waals surface area contributed by atoms with Crippen molar-refractivity contribution in [2.75, 3.05) is 53.7 Å². The van der Waals surface area contributed by atoms with Crippen molar-refractivity contribution in [2.45, 2.75) is 38.3 Å². The molecule has 0 bridgehead atoms. The molecule has 2 heterocycles. The number of hydrogen-bond acceptors (Lipinski definition) is 7. The Labute approximate surface area is 144 Å². The van der Waals surface area contributed by atoms with Gasteiger partial charge in [0.2, 0.25) is 0 Å². The quantitative estimate of drug-likeness (QED) is 0.375. The summed E-state index contributed by atoms with van der Waals surface area (Å²) in [6.45, 7) is 4.03. The zero-order valence-corrected chi connectivity index (χ0v) is 14.8. The first-order chi connectivity index (χ1) is 11.7. The summed E-state index contributed by atoms with van der Waals surface area (Å²) in [5, 5.41) is 3.13. The Hall–Kier alpha value is -0.930. The predicted molar refractivity (Wildman–Crippen MR) is 89.7 cm³/mol. The zero-order valence-electron chi connectivity index (χ0n) is 14.8. The highest BCUT2D eigenvalue weighted by Gasteiger charge is 2.41. The minimum atomic E-state index is -0.192. The highest BCUT2D eigenvalue weighted by molar-refractivity contribution is 5.71. The first-order valence-corrected chi connectivity index (χ1v) is 8.62. The molecule has 0 aromatic rings. The standard InChI is InChI=1S/C16H31N3O5/c1-18-7-3-5-13-21-9-16(10-22-13)11-23-14(24-12-16)6-4-8-19-15(17)20-2/h13-14,18H,3-12H2,1-2H3,(H2,17,19). The molecule has 2 aliphatic heterocycles. The van der Waals surface area contributed by atoms with E-state index in [1.807, 2.05) is 7.05 Å². The van der Waals surface area contributed by atoms with Crippen molar-refractivity contribution in [1.82, 2.24) is 5.32 Å². The number of methoxy groups -OCH3 is 1. The fraction of sp³-hybridized carbons (Fsp3) is 0.938. The molecule has 3 N–H and O–H groups in total. The number of amidine groups is 1. The Balaban J connectivity index is 1.61. The topological polar surface area (TPSA) is 96.6 Å². The van der Waals surface area contributed by atoms with E-state index >= 15 is 0 Å². The number of hydrogen-bond donors (Lipinski definition) is 2. The van der Waals surface area contributed by atoms with Gasteiger partial charge in [-0.15, -0.1) is 0 Å². The monoisotopic (exact) mass is 345 g/mol. The van der Waals surface area contributed by atoms with Crippen molar-refractivity contribution < 1.29 is 23.7 Å². The van der Waals surface area contributed by atoms with Crippen LogP contribution in [0.15, 0.2) is 4.99 Å². The van der Waals surface area contributed by atoms with Gasteiger partial charge in [0.05, 0.1) is 39.0 Å². The fourth-order valence-corrected chi connectivity index (χ4v) is 2.72. The van der Waals surface area contributed by atoms with Crippen LogP contribution in [0.25, 0.3) is 0 Å². The van der Waals surface area contributed by atoms with Gasteiger partial charge in [0.1, 0.15) is 0 Å². The lowest BCUT2D eigenvalue weighted by atomic mass is 9.90. The molecule has 8 heteroatoms. The van der Waals surface area contributed by atoms with Gasteiger partial charge in [0, 0.05) is 13.0 Å². The third-order valence-electron chi connectivity index (χ3n) is 4.24. The number of aliphatic imine (C=N–C) groups is 1. The van der Waals surface area contributed by atoms with E-state index in [0.717, 1.165) is 32.2 Å². The summed E-state index contributed by atoms with van der Waals surface area (Å²) in [6.07, 6.45) is 3.27. The number of nitrogens with zero attached hydrogens (tertiary/aromatic N) is 1. The van der Waals surface area contributed by atoms with Crippen LogP contribution in [0.5, 0.6) is 0 Å². The van der Waals surface area contributed by atoms with Gasteiger partial charge in [0.25, 0.3) is 6.02 Å². The van der Waals surface area contributed by atoms with Gasteiger partial charge in [-0.25, -0.2) is 4.99 Å². The maximum absolute atomic E-state index is 5.84. The lowest BCUT2D eigenvalue weighted by molar-refractivity contribution is -0.304. The van der Waals surface area contributed by atoms with E-state index in [2.05, 4.69) is 10.3 Å². The lowest BCUT2D eigenvalue weighted by Gasteiger charge is -2.43. The minimum absolute atomic E-state index is 0.106. The first-order valence-electron chi connectivity index (χ1n) is 8.62. The number of rotatable bonds is 8. The second kappa shape index (κ2) is 10.1. The molecule has 0 aliphatic carbocycles. The number of nitrogens with one attached hydrogen (secondary N) is 1. The van der Waals surface area contributed by atoms with E-state index < -0.39 is 0 Å². The molecular weight excluding hydrogens is 314 g/mol. The van der Waals surface area contributed by atoms with Gasteiger partial charge in [-0.05, 0) is 32.9 Å². The third kappa shape index (κ3) is 6.18. The molecule has 2 saturated heterocycles. The second-order valence-electron chi connectivity index (χ2n) is 6.42. The molecule has 8 nitrogen and oxygen atoms in total. The zero-order chi connectivity index (χ0) is 17.3. The molecule has 1 spiro atoms. The molecule has 140 valence electrons. The maximum Gasteiger partial charge on any atom is 0.281 e. The van der Waals surface area contributed by atoms with Crippen molar-refractivity contribution in [1.29, 1.82) is 0 Å². The highest BCUT2D eigenvalue weighted by Crippen LogP contribution is 2.31. The summed E-state index contributed by atoms with van der Waals surface area (Å²) in [4.78, 5) is 4.07. The van der Waals surface area contributed by atoms with Crippen molar-refractivity contribution in [3.63, 3.8) is 0 Å². The van der Waals surface area contributed by atoms with Gasteiger partial charge in [-0.1, -0.05) is 0 Å². The lowest BCUT2D eigenvalue weighted by Crippen LogP contribution is -2.52. The maximum atomic E-state index is 5.84. The van der Waals surface area contributed by atoms with E-state index in [9.17, 15) is 0 Å². The van der Waals surface area contributed by atoms with Crippen LogP contribution < -0.4 is 11.1 Å². The normalized spacial score (nSPS) is 31.3. The molecule has 2 fully saturated rings. The summed E-state index contributed by atoms with van der Waals surface area (Å²) < 4.78 is 28.1. The van der Waals surface area contributed by atoms with Gasteiger partial charge in [0.15, 0.2) is 12.6 Å². The smallest absolute Gasteiger partial charge is 0.281 e. The predicted octanol–water partition coefficient (Wildman–Crippen LogP) is 0.460. The Morgan fingerprint density at radius 1 is 1.08 bits per heavy atom. The van der Waals surface area contributed by atoms with Gasteiger partial charge in [-0.3, -0.25) is 0 Å². The van der Waals surface area contributed by atoms with Crippen LogP contribution in [0.2, 0.25) is 0 Å². The first kappa shape index (κ1) is 19.4. The van der Waals surface area contributed by atoms with Crippen LogP contribution >= 0.6 is 0 Å². The minimum Gasteiger partial charge on any atom is -0.469 e. The van der Waals surface area contributed by atoms with E-state index in [0.29, 0.717) is 33.0 Å². The van der Waals surface area contributed by atoms with E-state index in [-0.39, 0.29) is 24.0 Å². The van der Waals surface area contributed by atoms with Gasteiger partial charge >= 0.3 is 0 Å². The molecule has 2 rings (SSSR count). The molecule has 2 aliphatic rings. The Morgan fingerprint density at radius 3 is 2.12 bits per heavy atom. The van der Waals surface area contributed by atoms with Crippen molar-refractivity contribution >= 4 is 6.02 Å². The Kier molecular flexibility index (Phi) is 8.20. The van der Waals surface area contributed by atoms with Crippen molar-refractivity contribution in [2.24, 2.45) is 16.1 Å². The van der Waals surface area contributed by atoms with E-state index in [4.69, 9.17) is 29.4 Å². The van der Waals surface area contributed by atoms with Crippen LogP contribution in [0.3, 0.4) is 0 Å². The Morgan fingerprint density at radius 2 is 1.62 bits per heavy atom. The molecule has 0 amide bonds. The second-order valence-corrected chi connectivity index (χ2v) is 6.42. The number of ether oxygens (including phenoxy) is 5. The summed E-state index contributed by atoms with van der Waals surface area (Å²) >= 11 is 0. The van der Waals surface area contributed by atoms with Crippen LogP contribution in [0.4, 0.5) is 0 Å². The number of nitrogens with two attached hydrogens (primary N) is 1. The summed E-state index contributed by atoms with van der Waals surface area (Å²) in [7, 11) is 3.45. The van der Waals surface area contributed by atoms with Gasteiger partial charge in [-0.2, -0.15) is 0 Å². The van der Waals surface area contributed by atoms with Crippen LogP contribution in [0, 0.1) is 5.41 Å². The van der Waals surface area contributed by atoms with Crippen LogP contribution in [-0.2, 0) is 23.7 Å². The highest BCUT2D eigenvalue weighted by atomic mass is 16.7. The average molecular weight is 345 g/mol. The fourth-order valence-electron chi connectivity index (χ4n) is 2.72. The summed E-state index contributed by atoms with van der Waals surface area (Å²) in [6, 6.07) is 0.209. The van der Waals surface area contributed by atoms with Crippen molar-refractivity contribution in [3.05, 3.63) is 0 Å². The Bertz CT molecular complexity index is 376. The SMILES string of the molecule is CNCCCC1OCC2(COC(CCCN=C(N)OC)OC2)CO1. The van der Waals surface area contributed by atoms with Crippen LogP contribution in [0.1, 0.15) is 25.7 Å². The molecule has 0 saturated carbocycles. The van der Waals surface area contributed by atoms with Crippen LogP contribution in [-0.4, -0.2) is 72.3 Å². The summed E-state index contributed by atoms with van der Waals surface area (Å²) in [5.41, 5.74) is 5.30. The van der Waals surface area contributed by atoms with Crippen molar-refractivity contribution in [3.8, 4) is 0 Å². The van der Waals surface area contributed by atoms with E-state index in [1.165, 1.54) is 7.11 Å². The largest absolute Gasteiger partial charge is 0.469 e. The molecular formula is C16H31N3O5. The third-order valence-corrected chi connectivity index (χ3v) is 4.24. The van der Waals surface area contributed by atoms with E-state index in [1.54, 1.807) is 0 Å². The molecule has 0 unspecified atom stereocenters. The summed E-state index contributed by atoms with van der Waals surface area (Å²) in [5.74, 6) is 0. The molecule has 24 heavy (non-hydrogen) atoms. The molecule has 0 radical (unpaired) electrons. The molecule has 0 aromatic carbocycles. The average Bonchev–Trinajstić information content (AvgIpc) is 2.62. The van der Waals surface area contributed by atoms with Gasteiger partial charge < -0.3 is 34.7 Å².